The molecule has 0 saturated carbocycles. The van der Waals surface area contributed by atoms with E-state index in [-0.39, 0.29) is 4.75 Å². The number of hydrogen-bond acceptors (Lipinski definition) is 5. The van der Waals surface area contributed by atoms with E-state index >= 15 is 0 Å². The van der Waals surface area contributed by atoms with Gasteiger partial charge in [0, 0.05) is 16.2 Å². The van der Waals surface area contributed by atoms with Crippen LogP contribution in [0.3, 0.4) is 0 Å². The lowest BCUT2D eigenvalue weighted by molar-refractivity contribution is -0.139. The van der Waals surface area contributed by atoms with Crippen LogP contribution in [0, 0.1) is 0 Å². The molecule has 0 amide bonds. The summed E-state index contributed by atoms with van der Waals surface area (Å²) in [4.78, 5) is 16.9. The van der Waals surface area contributed by atoms with Gasteiger partial charge in [-0.1, -0.05) is 0 Å². The van der Waals surface area contributed by atoms with Crippen molar-refractivity contribution in [3.63, 3.8) is 0 Å². The fourth-order valence-corrected chi connectivity index (χ4v) is 3.37. The molecule has 19 heavy (non-hydrogen) atoms. The summed E-state index contributed by atoms with van der Waals surface area (Å²) in [7, 11) is 0. The average Bonchev–Trinajstić information content (AvgIpc) is 2.79. The molecule has 2 N–H and O–H groups in total. The van der Waals surface area contributed by atoms with Crippen molar-refractivity contribution in [2.75, 3.05) is 18.1 Å². The van der Waals surface area contributed by atoms with Crippen molar-refractivity contribution in [1.82, 2.24) is 4.98 Å². The number of fused-ring (bicyclic) bond motifs is 1. The van der Waals surface area contributed by atoms with Gasteiger partial charge in [-0.05, 0) is 39.4 Å². The molecule has 1 unspecified atom stereocenters. The van der Waals surface area contributed by atoms with Crippen LogP contribution in [0.2, 0.25) is 0 Å². The molecule has 1 aliphatic rings. The number of thioether (sulfide) groups is 1. The highest BCUT2D eigenvalue weighted by Crippen LogP contribution is 2.37. The molecule has 0 aromatic carbocycles. The number of nitrogens with zero attached hydrogens (tertiary/aromatic N) is 1. The van der Waals surface area contributed by atoms with Crippen molar-refractivity contribution in [3.05, 3.63) is 10.6 Å². The van der Waals surface area contributed by atoms with E-state index in [0.717, 1.165) is 35.1 Å². The molecule has 1 heterocycles. The normalized spacial score (nSPS) is 19.0. The lowest BCUT2D eigenvalue weighted by Crippen LogP contribution is -2.25. The third-order valence-corrected chi connectivity index (χ3v) is 5.81. The molecule has 0 bridgehead atoms. The van der Waals surface area contributed by atoms with Crippen LogP contribution < -0.4 is 5.32 Å². The van der Waals surface area contributed by atoms with Gasteiger partial charge in [-0.3, -0.25) is 4.79 Å². The summed E-state index contributed by atoms with van der Waals surface area (Å²) in [6.07, 6.45) is 4.71. The second-order valence-corrected chi connectivity index (χ2v) is 8.02. The van der Waals surface area contributed by atoms with Crippen molar-refractivity contribution in [2.45, 2.75) is 43.8 Å². The van der Waals surface area contributed by atoms with Gasteiger partial charge in [-0.15, -0.1) is 11.3 Å². The lowest BCUT2D eigenvalue weighted by atomic mass is 9.91. The molecule has 0 saturated heterocycles. The summed E-state index contributed by atoms with van der Waals surface area (Å²) < 4.78 is 0.151. The largest absolute Gasteiger partial charge is 0.481 e. The number of anilines is 1. The molecule has 1 aliphatic carbocycles. The topological polar surface area (TPSA) is 62.2 Å². The summed E-state index contributed by atoms with van der Waals surface area (Å²) in [5, 5.41) is 13.4. The minimum atomic E-state index is -0.748. The predicted octanol–water partition coefficient (Wildman–Crippen LogP) is 3.20. The maximum Gasteiger partial charge on any atom is 0.312 e. The Morgan fingerprint density at radius 2 is 2.37 bits per heavy atom. The zero-order chi connectivity index (χ0) is 14.0. The zero-order valence-corrected chi connectivity index (χ0v) is 13.2. The van der Waals surface area contributed by atoms with Crippen molar-refractivity contribution >= 4 is 34.2 Å². The van der Waals surface area contributed by atoms with Gasteiger partial charge < -0.3 is 10.4 Å². The minimum Gasteiger partial charge on any atom is -0.481 e. The SMILES string of the molecule is CSC(C)(C)CNc1nc2c(s1)CCCC2C(=O)O. The average molecular weight is 300 g/mol. The first-order valence-electron chi connectivity index (χ1n) is 6.44. The number of hydrogen-bond donors (Lipinski definition) is 2. The maximum absolute atomic E-state index is 11.2. The number of nitrogens with one attached hydrogen (secondary N) is 1. The van der Waals surface area contributed by atoms with Crippen LogP contribution in [0.4, 0.5) is 5.13 Å². The first-order valence-corrected chi connectivity index (χ1v) is 8.48. The van der Waals surface area contributed by atoms with Crippen LogP contribution in [-0.2, 0) is 11.2 Å². The van der Waals surface area contributed by atoms with E-state index in [1.54, 1.807) is 23.1 Å². The molecule has 0 spiro atoms. The summed E-state index contributed by atoms with van der Waals surface area (Å²) in [6, 6.07) is 0. The van der Waals surface area contributed by atoms with Gasteiger partial charge in [0.05, 0.1) is 5.69 Å². The fourth-order valence-electron chi connectivity index (χ4n) is 2.10. The van der Waals surface area contributed by atoms with Crippen molar-refractivity contribution in [3.8, 4) is 0 Å². The number of aryl methyl sites for hydroxylation is 1. The van der Waals surface area contributed by atoms with E-state index in [1.807, 2.05) is 0 Å². The number of carboxylic acids is 1. The molecule has 0 fully saturated rings. The molecule has 1 aromatic rings. The number of thiazole rings is 1. The molecule has 2 rings (SSSR count). The van der Waals surface area contributed by atoms with E-state index in [4.69, 9.17) is 0 Å². The standard InChI is InChI=1S/C13H20N2O2S2/c1-13(2,18-3)7-14-12-15-10-8(11(16)17)5-4-6-9(10)19-12/h8H,4-7H2,1-3H3,(H,14,15)(H,16,17). The number of carbonyl (C=O) groups is 1. The Balaban J connectivity index is 2.11. The number of aromatic nitrogens is 1. The quantitative estimate of drug-likeness (QED) is 0.874. The van der Waals surface area contributed by atoms with Gasteiger partial charge in [0.25, 0.3) is 0 Å². The van der Waals surface area contributed by atoms with E-state index in [1.165, 1.54) is 0 Å². The highest BCUT2D eigenvalue weighted by molar-refractivity contribution is 7.99. The Morgan fingerprint density at radius 3 is 3.00 bits per heavy atom. The highest BCUT2D eigenvalue weighted by Gasteiger charge is 2.30. The van der Waals surface area contributed by atoms with Crippen LogP contribution in [0.25, 0.3) is 0 Å². The first kappa shape index (κ1) is 14.7. The Bertz CT molecular complexity index is 471. The van der Waals surface area contributed by atoms with E-state index in [0.29, 0.717) is 6.42 Å². The van der Waals surface area contributed by atoms with Gasteiger partial charge in [0.2, 0.25) is 0 Å². The summed E-state index contributed by atoms with van der Waals surface area (Å²) >= 11 is 3.42. The zero-order valence-electron chi connectivity index (χ0n) is 11.5. The Kier molecular flexibility index (Phi) is 4.40. The number of aliphatic carboxylic acids is 1. The Hall–Kier alpha value is -0.750. The van der Waals surface area contributed by atoms with E-state index < -0.39 is 11.9 Å². The van der Waals surface area contributed by atoms with Crippen LogP contribution in [0.15, 0.2) is 0 Å². The van der Waals surface area contributed by atoms with Crippen LogP contribution >= 0.6 is 23.1 Å². The van der Waals surface area contributed by atoms with E-state index in [9.17, 15) is 9.90 Å². The molecule has 4 nitrogen and oxygen atoms in total. The predicted molar refractivity (Wildman–Crippen MR) is 81.5 cm³/mol. The molecule has 0 aliphatic heterocycles. The second kappa shape index (κ2) is 5.71. The number of carboxylic acid groups (broad SMARTS) is 1. The molecule has 106 valence electrons. The summed E-state index contributed by atoms with van der Waals surface area (Å²) in [6.45, 7) is 5.19. The molecule has 6 heteroatoms. The monoisotopic (exact) mass is 300 g/mol. The Labute approximate surface area is 122 Å². The van der Waals surface area contributed by atoms with Crippen LogP contribution in [0.5, 0.6) is 0 Å². The van der Waals surface area contributed by atoms with Gasteiger partial charge in [0.15, 0.2) is 5.13 Å². The third-order valence-electron chi connectivity index (χ3n) is 3.47. The lowest BCUT2D eigenvalue weighted by Gasteiger charge is -2.21. The van der Waals surface area contributed by atoms with Gasteiger partial charge >= 0.3 is 5.97 Å². The molecule has 0 radical (unpaired) electrons. The summed E-state index contributed by atoms with van der Waals surface area (Å²) in [5.41, 5.74) is 0.785. The third kappa shape index (κ3) is 3.42. The molecule has 1 aromatic heterocycles. The van der Waals surface area contributed by atoms with Gasteiger partial charge in [-0.25, -0.2) is 4.98 Å². The van der Waals surface area contributed by atoms with Gasteiger partial charge in [0.1, 0.15) is 5.92 Å². The fraction of sp³-hybridized carbons (Fsp3) is 0.692. The highest BCUT2D eigenvalue weighted by atomic mass is 32.2. The van der Waals surface area contributed by atoms with Crippen LogP contribution in [0.1, 0.15) is 43.2 Å². The summed E-state index contributed by atoms with van der Waals surface area (Å²) in [5.74, 6) is -1.16. The molecule has 1 atom stereocenters. The minimum absolute atomic E-state index is 0.151. The van der Waals surface area contributed by atoms with E-state index in [2.05, 4.69) is 30.4 Å². The first-order chi connectivity index (χ1) is 8.93. The molecular formula is C13H20N2O2S2. The molecular weight excluding hydrogens is 280 g/mol. The van der Waals surface area contributed by atoms with Crippen molar-refractivity contribution in [1.29, 1.82) is 0 Å². The van der Waals surface area contributed by atoms with Crippen molar-refractivity contribution in [2.24, 2.45) is 0 Å². The number of rotatable bonds is 5. The van der Waals surface area contributed by atoms with Crippen molar-refractivity contribution < 1.29 is 9.90 Å². The van der Waals surface area contributed by atoms with Gasteiger partial charge in [-0.2, -0.15) is 11.8 Å². The van der Waals surface area contributed by atoms with Crippen LogP contribution in [-0.4, -0.2) is 33.6 Å². The second-order valence-electron chi connectivity index (χ2n) is 5.43. The Morgan fingerprint density at radius 1 is 1.63 bits per heavy atom. The maximum atomic E-state index is 11.2. The smallest absolute Gasteiger partial charge is 0.312 e.